The number of nitrogens with zero attached hydrogens (tertiary/aromatic N) is 1. The molecular weight excluding hydrogens is 254 g/mol. The second kappa shape index (κ2) is 5.14. The van der Waals surface area contributed by atoms with E-state index in [-0.39, 0.29) is 5.01 Å². The van der Waals surface area contributed by atoms with Gasteiger partial charge in [-0.3, -0.25) is 0 Å². The minimum Gasteiger partial charge on any atom is -0.542 e. The number of carboxylic acid groups (broad SMARTS) is 1. The first-order valence-electron chi connectivity index (χ1n) is 3.63. The second-order valence-electron chi connectivity index (χ2n) is 2.25. The summed E-state index contributed by atoms with van der Waals surface area (Å²) in [6.45, 7) is 0. The van der Waals surface area contributed by atoms with Crippen molar-refractivity contribution in [2.24, 2.45) is 0 Å². The quantitative estimate of drug-likeness (QED) is 0.768. The van der Waals surface area contributed by atoms with Gasteiger partial charge >= 0.3 is 0 Å². The number of aromatic nitrogens is 1. The Bertz CT molecular complexity index is 322. The Labute approximate surface area is 88.2 Å². The van der Waals surface area contributed by atoms with Crippen LogP contribution in [-0.4, -0.2) is 16.3 Å². The number of hydrogen-bond donors (Lipinski definition) is 0. The molecule has 0 aromatic carbocycles. The summed E-state index contributed by atoms with van der Waals surface area (Å²) in [7, 11) is 0. The Hall–Kier alpha value is -0.680. The average molecular weight is 261 g/mol. The van der Waals surface area contributed by atoms with Crippen molar-refractivity contribution in [2.45, 2.75) is 6.42 Å². The zero-order chi connectivity index (χ0) is 9.68. The van der Waals surface area contributed by atoms with E-state index in [1.165, 1.54) is 0 Å². The van der Waals surface area contributed by atoms with Crippen LogP contribution in [0.4, 0.5) is 0 Å². The maximum absolute atomic E-state index is 10.3. The number of carbonyl (C=O) groups is 1. The average Bonchev–Trinajstić information content (AvgIpc) is 2.53. The highest BCUT2D eigenvalue weighted by atomic mass is 79.9. The van der Waals surface area contributed by atoms with E-state index in [1.807, 2.05) is 6.08 Å². The standard InChI is InChI=1S/C8H8BrNO2S/c9-4-2-1-3-6-5-13-7(10-6)8(11)12/h1,3,5H,2,4H2,(H,11,12)/p-1. The van der Waals surface area contributed by atoms with Crippen LogP contribution in [0.5, 0.6) is 0 Å². The van der Waals surface area contributed by atoms with Crippen LogP contribution >= 0.6 is 27.3 Å². The first-order chi connectivity index (χ1) is 6.24. The maximum atomic E-state index is 10.3. The summed E-state index contributed by atoms with van der Waals surface area (Å²) in [5.41, 5.74) is 0.671. The highest BCUT2D eigenvalue weighted by molar-refractivity contribution is 9.09. The second-order valence-corrected chi connectivity index (χ2v) is 3.90. The molecule has 70 valence electrons. The van der Waals surface area contributed by atoms with Crippen molar-refractivity contribution in [2.75, 3.05) is 5.33 Å². The van der Waals surface area contributed by atoms with Gasteiger partial charge in [-0.15, -0.1) is 11.3 Å². The third-order valence-electron chi connectivity index (χ3n) is 1.26. The monoisotopic (exact) mass is 260 g/mol. The molecule has 0 aliphatic heterocycles. The summed E-state index contributed by atoms with van der Waals surface area (Å²) in [4.78, 5) is 14.2. The Morgan fingerprint density at radius 1 is 1.77 bits per heavy atom. The number of aromatic carboxylic acids is 1. The van der Waals surface area contributed by atoms with E-state index in [2.05, 4.69) is 20.9 Å². The van der Waals surface area contributed by atoms with Crippen molar-refractivity contribution < 1.29 is 9.90 Å². The van der Waals surface area contributed by atoms with E-state index in [0.717, 1.165) is 23.1 Å². The van der Waals surface area contributed by atoms with Gasteiger partial charge in [0.05, 0.1) is 5.69 Å². The lowest BCUT2D eigenvalue weighted by Gasteiger charge is -1.91. The number of halogens is 1. The van der Waals surface area contributed by atoms with Crippen LogP contribution in [0.1, 0.15) is 21.9 Å². The van der Waals surface area contributed by atoms with Gasteiger partial charge in [0, 0.05) is 10.7 Å². The van der Waals surface area contributed by atoms with Crippen molar-refractivity contribution in [1.82, 2.24) is 4.98 Å². The molecule has 13 heavy (non-hydrogen) atoms. The number of alkyl halides is 1. The minimum atomic E-state index is -1.22. The smallest absolute Gasteiger partial charge is 0.139 e. The van der Waals surface area contributed by atoms with Gasteiger partial charge in [0.1, 0.15) is 11.0 Å². The minimum absolute atomic E-state index is 0.0264. The topological polar surface area (TPSA) is 53.0 Å². The number of carbonyl (C=O) groups excluding carboxylic acids is 1. The third kappa shape index (κ3) is 3.28. The molecule has 0 saturated carbocycles. The molecule has 0 amide bonds. The van der Waals surface area contributed by atoms with E-state index < -0.39 is 5.97 Å². The van der Waals surface area contributed by atoms with Crippen LogP contribution in [0.15, 0.2) is 11.5 Å². The molecule has 0 fully saturated rings. The van der Waals surface area contributed by atoms with E-state index in [0.29, 0.717) is 5.69 Å². The fourth-order valence-electron chi connectivity index (χ4n) is 0.724. The fourth-order valence-corrected chi connectivity index (χ4v) is 1.61. The van der Waals surface area contributed by atoms with Crippen molar-refractivity contribution in [3.63, 3.8) is 0 Å². The van der Waals surface area contributed by atoms with E-state index in [9.17, 15) is 9.90 Å². The van der Waals surface area contributed by atoms with Crippen LogP contribution in [0.2, 0.25) is 0 Å². The van der Waals surface area contributed by atoms with E-state index in [4.69, 9.17) is 0 Å². The van der Waals surface area contributed by atoms with Crippen LogP contribution in [0, 0.1) is 0 Å². The van der Waals surface area contributed by atoms with Crippen LogP contribution < -0.4 is 5.11 Å². The highest BCUT2D eigenvalue weighted by Crippen LogP contribution is 2.10. The van der Waals surface area contributed by atoms with Crippen molar-refractivity contribution >= 4 is 39.3 Å². The summed E-state index contributed by atoms with van der Waals surface area (Å²) in [5.74, 6) is -1.22. The van der Waals surface area contributed by atoms with Crippen molar-refractivity contribution in [3.05, 3.63) is 22.2 Å². The van der Waals surface area contributed by atoms with Gasteiger partial charge in [-0.05, 0) is 12.5 Å². The zero-order valence-electron chi connectivity index (χ0n) is 6.70. The van der Waals surface area contributed by atoms with Gasteiger partial charge in [0.2, 0.25) is 0 Å². The molecule has 3 nitrogen and oxygen atoms in total. The zero-order valence-corrected chi connectivity index (χ0v) is 9.10. The SMILES string of the molecule is O=C([O-])c1nc(C=CCCBr)cs1. The molecule has 0 atom stereocenters. The third-order valence-corrected chi connectivity index (χ3v) is 2.56. The van der Waals surface area contributed by atoms with Gasteiger partial charge in [-0.1, -0.05) is 22.0 Å². The van der Waals surface area contributed by atoms with Crippen LogP contribution in [-0.2, 0) is 0 Å². The van der Waals surface area contributed by atoms with Gasteiger partial charge in [-0.2, -0.15) is 0 Å². The number of rotatable bonds is 4. The summed E-state index contributed by atoms with van der Waals surface area (Å²) >= 11 is 4.36. The first kappa shape index (κ1) is 10.4. The largest absolute Gasteiger partial charge is 0.542 e. The molecule has 0 N–H and O–H groups in total. The first-order valence-corrected chi connectivity index (χ1v) is 5.63. The molecule has 0 radical (unpaired) electrons. The number of thiazole rings is 1. The van der Waals surface area contributed by atoms with Gasteiger partial charge < -0.3 is 9.90 Å². The number of carboxylic acids is 1. The van der Waals surface area contributed by atoms with Gasteiger partial charge in [0.25, 0.3) is 0 Å². The molecular formula is C8H7BrNO2S-. The molecule has 0 bridgehead atoms. The summed E-state index contributed by atoms with van der Waals surface area (Å²) in [6.07, 6.45) is 4.63. The Kier molecular flexibility index (Phi) is 4.11. The lowest BCUT2D eigenvalue weighted by atomic mass is 10.3. The molecule has 1 aromatic heterocycles. The summed E-state index contributed by atoms with van der Waals surface area (Å²) in [6, 6.07) is 0. The van der Waals surface area contributed by atoms with Gasteiger partial charge in [0.15, 0.2) is 0 Å². The molecule has 1 aromatic rings. The molecule has 0 aliphatic rings. The lowest BCUT2D eigenvalue weighted by molar-refractivity contribution is -0.255. The van der Waals surface area contributed by atoms with Crippen molar-refractivity contribution in [1.29, 1.82) is 0 Å². The Balaban J connectivity index is 2.64. The maximum Gasteiger partial charge on any atom is 0.139 e. The Morgan fingerprint density at radius 2 is 2.54 bits per heavy atom. The molecule has 0 spiro atoms. The molecule has 0 saturated heterocycles. The number of allylic oxidation sites excluding steroid dienone is 1. The van der Waals surface area contributed by atoms with E-state index >= 15 is 0 Å². The number of hydrogen-bond acceptors (Lipinski definition) is 4. The van der Waals surface area contributed by atoms with Crippen LogP contribution in [0.25, 0.3) is 6.08 Å². The molecule has 5 heteroatoms. The predicted molar refractivity (Wildman–Crippen MR) is 53.9 cm³/mol. The van der Waals surface area contributed by atoms with E-state index in [1.54, 1.807) is 11.5 Å². The predicted octanol–water partition coefficient (Wildman–Crippen LogP) is 1.30. The highest BCUT2D eigenvalue weighted by Gasteiger charge is 1.98. The van der Waals surface area contributed by atoms with Crippen molar-refractivity contribution in [3.8, 4) is 0 Å². The molecule has 1 rings (SSSR count). The van der Waals surface area contributed by atoms with Gasteiger partial charge in [-0.25, -0.2) is 4.98 Å². The fraction of sp³-hybridized carbons (Fsp3) is 0.250. The molecule has 1 heterocycles. The summed E-state index contributed by atoms with van der Waals surface area (Å²) in [5, 5.41) is 13.0. The normalized spacial score (nSPS) is 10.8. The van der Waals surface area contributed by atoms with Crippen LogP contribution in [0.3, 0.4) is 0 Å². The molecule has 0 unspecified atom stereocenters. The lowest BCUT2D eigenvalue weighted by Crippen LogP contribution is -2.21. The summed E-state index contributed by atoms with van der Waals surface area (Å²) < 4.78 is 0. The Morgan fingerprint density at radius 3 is 3.08 bits per heavy atom. The molecule has 0 aliphatic carbocycles.